The maximum Gasteiger partial charge on any atom is 0.380 e. The van der Waals surface area contributed by atoms with Gasteiger partial charge < -0.3 is 15.2 Å². The number of carbonyl (C=O) groups is 2. The van der Waals surface area contributed by atoms with E-state index in [4.69, 9.17) is 26.1 Å². The highest BCUT2D eigenvalue weighted by atomic mass is 35.5. The van der Waals surface area contributed by atoms with Gasteiger partial charge in [0.25, 0.3) is 5.91 Å². The Morgan fingerprint density at radius 1 is 1.26 bits per heavy atom. The summed E-state index contributed by atoms with van der Waals surface area (Å²) in [5.74, 6) is -1.49. The van der Waals surface area contributed by atoms with Gasteiger partial charge in [-0.15, -0.1) is 0 Å². The maximum atomic E-state index is 13.3. The molecule has 1 aromatic heterocycles. The molecule has 34 heavy (non-hydrogen) atoms. The van der Waals surface area contributed by atoms with Gasteiger partial charge in [-0.05, 0) is 49.8 Å². The minimum Gasteiger partial charge on any atom is -0.503 e. The second-order valence-corrected chi connectivity index (χ2v) is 9.45. The van der Waals surface area contributed by atoms with Crippen LogP contribution in [0.3, 0.4) is 0 Å². The van der Waals surface area contributed by atoms with Gasteiger partial charge in [0.05, 0.1) is 12.1 Å². The number of benzene rings is 1. The number of pyridine rings is 1. The number of aromatic nitrogens is 1. The summed E-state index contributed by atoms with van der Waals surface area (Å²) in [5.41, 5.74) is -0.792. The van der Waals surface area contributed by atoms with Gasteiger partial charge in [0.1, 0.15) is 5.54 Å². The summed E-state index contributed by atoms with van der Waals surface area (Å²) < 4.78 is 5.06. The summed E-state index contributed by atoms with van der Waals surface area (Å²) in [6, 6.07) is 6.49. The average Bonchev–Trinajstić information content (AvgIpc) is 3.31. The molecule has 9 heteroatoms. The van der Waals surface area contributed by atoms with Gasteiger partial charge in [0.15, 0.2) is 22.9 Å². The predicted molar refractivity (Wildman–Crippen MR) is 127 cm³/mol. The predicted octanol–water partition coefficient (Wildman–Crippen LogP) is 5.00. The van der Waals surface area contributed by atoms with Crippen LogP contribution < -0.4 is 14.9 Å². The maximum absolute atomic E-state index is 13.3. The molecular formula is C25H31ClN2O6. The summed E-state index contributed by atoms with van der Waals surface area (Å²) in [4.78, 5) is 40.8. The van der Waals surface area contributed by atoms with Crippen molar-refractivity contribution in [2.24, 2.45) is 11.8 Å². The minimum absolute atomic E-state index is 0.0979. The molecule has 1 aliphatic rings. The summed E-state index contributed by atoms with van der Waals surface area (Å²) in [6.07, 6.45) is 6.53. The van der Waals surface area contributed by atoms with E-state index in [9.17, 15) is 14.7 Å². The van der Waals surface area contributed by atoms with Crippen LogP contribution >= 0.6 is 11.6 Å². The zero-order valence-corrected chi connectivity index (χ0v) is 20.6. The summed E-state index contributed by atoms with van der Waals surface area (Å²) in [6.45, 7) is 5.35. The molecule has 184 valence electrons. The fourth-order valence-electron chi connectivity index (χ4n) is 4.26. The van der Waals surface area contributed by atoms with E-state index < -0.39 is 23.2 Å². The zero-order chi connectivity index (χ0) is 24.9. The summed E-state index contributed by atoms with van der Waals surface area (Å²) >= 11 is 6.18. The van der Waals surface area contributed by atoms with E-state index in [0.717, 1.165) is 31.2 Å². The number of amides is 1. The highest BCUT2D eigenvalue weighted by Gasteiger charge is 2.45. The number of nitrogens with one attached hydrogen (secondary N) is 1. The second kappa shape index (κ2) is 11.0. The standard InChI is InChI=1S/C25H31ClN2O6/c1-15-9-10-19(18(26)13-15)33-34-24(31)25(3,16(2)14-17-7-5-6-8-17)28-23(30)21-22(29)20(32-4)11-12-27-21/h9-13,16-17,29H,5-8,14H2,1-4H3,(H,28,30)/t16?,25-/m0/s1. The molecule has 0 radical (unpaired) electrons. The number of rotatable bonds is 9. The van der Waals surface area contributed by atoms with E-state index in [1.807, 2.05) is 13.8 Å². The van der Waals surface area contributed by atoms with Gasteiger partial charge in [-0.3, -0.25) is 9.68 Å². The molecule has 1 aliphatic carbocycles. The van der Waals surface area contributed by atoms with Crippen LogP contribution in [0.5, 0.6) is 17.2 Å². The van der Waals surface area contributed by atoms with Crippen LogP contribution in [0, 0.1) is 18.8 Å². The van der Waals surface area contributed by atoms with E-state index in [1.54, 1.807) is 25.1 Å². The largest absolute Gasteiger partial charge is 0.503 e. The van der Waals surface area contributed by atoms with E-state index in [1.165, 1.54) is 19.4 Å². The van der Waals surface area contributed by atoms with Crippen LogP contribution in [0.15, 0.2) is 30.5 Å². The molecule has 3 rings (SSSR count). The Morgan fingerprint density at radius 3 is 2.62 bits per heavy atom. The van der Waals surface area contributed by atoms with Crippen molar-refractivity contribution in [1.29, 1.82) is 0 Å². The van der Waals surface area contributed by atoms with Crippen LogP contribution in [-0.4, -0.2) is 34.6 Å². The van der Waals surface area contributed by atoms with Crippen LogP contribution in [-0.2, 0) is 9.68 Å². The molecule has 2 atom stereocenters. The third kappa shape index (κ3) is 5.73. The molecule has 1 unspecified atom stereocenters. The number of hydrogen-bond donors (Lipinski definition) is 2. The number of nitrogens with zero attached hydrogens (tertiary/aromatic N) is 1. The van der Waals surface area contributed by atoms with Gasteiger partial charge >= 0.3 is 5.97 Å². The van der Waals surface area contributed by atoms with Crippen LogP contribution in [0.25, 0.3) is 0 Å². The number of aromatic hydroxyl groups is 1. The number of ether oxygens (including phenoxy) is 1. The SMILES string of the molecule is COc1ccnc(C(=O)N[C@](C)(C(=O)OOc2ccc(C)cc2Cl)C(C)CC2CCCC2)c1O. The van der Waals surface area contributed by atoms with E-state index in [2.05, 4.69) is 10.3 Å². The molecule has 8 nitrogen and oxygen atoms in total. The highest BCUT2D eigenvalue weighted by molar-refractivity contribution is 6.32. The molecule has 0 spiro atoms. The van der Waals surface area contributed by atoms with E-state index in [-0.39, 0.29) is 23.1 Å². The molecule has 1 amide bonds. The Bertz CT molecular complexity index is 1040. The zero-order valence-electron chi connectivity index (χ0n) is 19.9. The quantitative estimate of drug-likeness (QED) is 0.376. The van der Waals surface area contributed by atoms with Gasteiger partial charge in [-0.2, -0.15) is 0 Å². The van der Waals surface area contributed by atoms with Crippen molar-refractivity contribution in [3.63, 3.8) is 0 Å². The van der Waals surface area contributed by atoms with Crippen molar-refractivity contribution in [2.45, 2.75) is 58.4 Å². The Hall–Kier alpha value is -3.00. The fraction of sp³-hybridized carbons (Fsp3) is 0.480. The van der Waals surface area contributed by atoms with Gasteiger partial charge in [0.2, 0.25) is 0 Å². The van der Waals surface area contributed by atoms with Crippen molar-refractivity contribution in [3.8, 4) is 17.2 Å². The second-order valence-electron chi connectivity index (χ2n) is 9.04. The van der Waals surface area contributed by atoms with Crippen LogP contribution in [0.4, 0.5) is 0 Å². The summed E-state index contributed by atoms with van der Waals surface area (Å²) in [5, 5.41) is 13.4. The molecule has 2 N–H and O–H groups in total. The number of carbonyl (C=O) groups excluding carboxylic acids is 2. The number of aryl methyl sites for hydroxylation is 1. The Labute approximate surface area is 204 Å². The third-order valence-electron chi connectivity index (χ3n) is 6.56. The van der Waals surface area contributed by atoms with Crippen molar-refractivity contribution in [1.82, 2.24) is 10.3 Å². The number of halogens is 1. The van der Waals surface area contributed by atoms with Crippen molar-refractivity contribution < 1.29 is 29.2 Å². The molecule has 2 aromatic rings. The van der Waals surface area contributed by atoms with E-state index >= 15 is 0 Å². The van der Waals surface area contributed by atoms with Gasteiger partial charge in [-0.1, -0.05) is 50.3 Å². The Balaban J connectivity index is 1.83. The lowest BCUT2D eigenvalue weighted by Gasteiger charge is -2.34. The average molecular weight is 491 g/mol. The normalized spacial score (nSPS) is 16.4. The fourth-order valence-corrected chi connectivity index (χ4v) is 4.53. The molecule has 0 aliphatic heterocycles. The van der Waals surface area contributed by atoms with Crippen LogP contribution in [0.2, 0.25) is 5.02 Å². The van der Waals surface area contributed by atoms with E-state index in [0.29, 0.717) is 17.4 Å². The number of methoxy groups -OCH3 is 1. The van der Waals surface area contributed by atoms with Crippen molar-refractivity contribution >= 4 is 23.5 Å². The Morgan fingerprint density at radius 2 is 1.97 bits per heavy atom. The molecule has 1 fully saturated rings. The first-order valence-corrected chi connectivity index (χ1v) is 11.7. The lowest BCUT2D eigenvalue weighted by atomic mass is 9.80. The van der Waals surface area contributed by atoms with Crippen molar-refractivity contribution in [3.05, 3.63) is 46.7 Å². The van der Waals surface area contributed by atoms with Crippen LogP contribution in [0.1, 0.15) is 62.0 Å². The topological polar surface area (TPSA) is 107 Å². The molecule has 1 aromatic carbocycles. The first kappa shape index (κ1) is 25.6. The lowest BCUT2D eigenvalue weighted by Crippen LogP contribution is -2.58. The van der Waals surface area contributed by atoms with Crippen molar-refractivity contribution in [2.75, 3.05) is 7.11 Å². The smallest absolute Gasteiger partial charge is 0.380 e. The van der Waals surface area contributed by atoms with Gasteiger partial charge in [0, 0.05) is 12.3 Å². The minimum atomic E-state index is -1.46. The molecule has 0 bridgehead atoms. The molecule has 0 saturated heterocycles. The van der Waals surface area contributed by atoms with Gasteiger partial charge in [-0.25, -0.2) is 14.7 Å². The highest BCUT2D eigenvalue weighted by Crippen LogP contribution is 2.35. The summed E-state index contributed by atoms with van der Waals surface area (Å²) in [7, 11) is 1.37. The lowest BCUT2D eigenvalue weighted by molar-refractivity contribution is -0.222. The number of hydrogen-bond acceptors (Lipinski definition) is 7. The monoisotopic (exact) mass is 490 g/mol. The molecule has 1 saturated carbocycles. The first-order valence-electron chi connectivity index (χ1n) is 11.3. The Kier molecular flexibility index (Phi) is 8.25. The first-order chi connectivity index (χ1) is 16.2. The molecule has 1 heterocycles. The molecular weight excluding hydrogens is 460 g/mol. The third-order valence-corrected chi connectivity index (χ3v) is 6.86.